The molecule has 2 rings (SSSR count). The SMILES string of the molecule is O=C(OCc1cccc(Cl)c1)c1cccc(Br)n1. The topological polar surface area (TPSA) is 39.2 Å². The molecule has 0 N–H and O–H groups in total. The van der Waals surface area contributed by atoms with Gasteiger partial charge in [0.05, 0.1) is 0 Å². The molecule has 0 aliphatic carbocycles. The van der Waals surface area contributed by atoms with E-state index in [1.54, 1.807) is 30.3 Å². The molecule has 0 aliphatic rings. The number of ether oxygens (including phenoxy) is 1. The summed E-state index contributed by atoms with van der Waals surface area (Å²) in [6.07, 6.45) is 0. The zero-order valence-electron chi connectivity index (χ0n) is 9.27. The molecule has 0 bridgehead atoms. The van der Waals surface area contributed by atoms with Crippen molar-refractivity contribution in [3.05, 3.63) is 63.3 Å². The van der Waals surface area contributed by atoms with Crippen LogP contribution in [-0.4, -0.2) is 11.0 Å². The molecule has 0 radical (unpaired) electrons. The second-order valence-electron chi connectivity index (χ2n) is 3.55. The van der Waals surface area contributed by atoms with Gasteiger partial charge in [-0.2, -0.15) is 0 Å². The number of nitrogens with zero attached hydrogens (tertiary/aromatic N) is 1. The Kier molecular flexibility index (Phi) is 4.33. The van der Waals surface area contributed by atoms with Gasteiger partial charge in [-0.3, -0.25) is 0 Å². The van der Waals surface area contributed by atoms with E-state index in [9.17, 15) is 4.79 Å². The highest BCUT2D eigenvalue weighted by Crippen LogP contribution is 2.13. The van der Waals surface area contributed by atoms with Crippen LogP contribution in [0, 0.1) is 0 Å². The third kappa shape index (κ3) is 3.55. The summed E-state index contributed by atoms with van der Waals surface area (Å²) in [6.45, 7) is 0.174. The van der Waals surface area contributed by atoms with Crippen LogP contribution >= 0.6 is 27.5 Å². The Morgan fingerprint density at radius 1 is 1.28 bits per heavy atom. The Hall–Kier alpha value is -1.39. The van der Waals surface area contributed by atoms with Crippen molar-refractivity contribution in [1.82, 2.24) is 4.98 Å². The number of halogens is 2. The van der Waals surface area contributed by atoms with Crippen LogP contribution in [0.15, 0.2) is 47.1 Å². The van der Waals surface area contributed by atoms with Crippen molar-refractivity contribution in [3.63, 3.8) is 0 Å². The monoisotopic (exact) mass is 325 g/mol. The van der Waals surface area contributed by atoms with Crippen LogP contribution in [0.2, 0.25) is 5.02 Å². The Balaban J connectivity index is 2.00. The van der Waals surface area contributed by atoms with Gasteiger partial charge >= 0.3 is 5.97 Å². The number of hydrogen-bond acceptors (Lipinski definition) is 3. The second-order valence-corrected chi connectivity index (χ2v) is 4.80. The molecular formula is C13H9BrClNO2. The quantitative estimate of drug-likeness (QED) is 0.635. The summed E-state index contributed by atoms with van der Waals surface area (Å²) >= 11 is 9.04. The molecule has 0 atom stereocenters. The van der Waals surface area contributed by atoms with Crippen LogP contribution in [0.25, 0.3) is 0 Å². The Bertz CT molecular complexity index is 574. The third-order valence-corrected chi connectivity index (χ3v) is 2.86. The van der Waals surface area contributed by atoms with Crippen molar-refractivity contribution in [1.29, 1.82) is 0 Å². The van der Waals surface area contributed by atoms with Gasteiger partial charge in [0.2, 0.25) is 0 Å². The lowest BCUT2D eigenvalue weighted by atomic mass is 10.2. The number of pyridine rings is 1. The summed E-state index contributed by atoms with van der Waals surface area (Å²) in [5.74, 6) is -0.462. The lowest BCUT2D eigenvalue weighted by Crippen LogP contribution is -2.07. The van der Waals surface area contributed by atoms with Gasteiger partial charge in [-0.05, 0) is 45.8 Å². The normalized spacial score (nSPS) is 10.1. The van der Waals surface area contributed by atoms with Crippen LogP contribution in [0.1, 0.15) is 16.1 Å². The fraction of sp³-hybridized carbons (Fsp3) is 0.0769. The highest BCUT2D eigenvalue weighted by atomic mass is 79.9. The Morgan fingerprint density at radius 2 is 2.06 bits per heavy atom. The van der Waals surface area contributed by atoms with E-state index in [4.69, 9.17) is 16.3 Å². The molecule has 1 heterocycles. The zero-order chi connectivity index (χ0) is 13.0. The fourth-order valence-electron chi connectivity index (χ4n) is 1.37. The first-order valence-electron chi connectivity index (χ1n) is 5.19. The number of carbonyl (C=O) groups excluding carboxylic acids is 1. The predicted molar refractivity (Wildman–Crippen MR) is 72.5 cm³/mol. The van der Waals surface area contributed by atoms with Gasteiger partial charge in [0.25, 0.3) is 0 Å². The van der Waals surface area contributed by atoms with Crippen LogP contribution in [-0.2, 0) is 11.3 Å². The Labute approximate surface area is 118 Å². The van der Waals surface area contributed by atoms with Gasteiger partial charge in [-0.25, -0.2) is 9.78 Å². The molecule has 0 fully saturated rings. The maximum absolute atomic E-state index is 11.7. The average Bonchev–Trinajstić information content (AvgIpc) is 2.36. The molecule has 2 aromatic rings. The lowest BCUT2D eigenvalue weighted by Gasteiger charge is -2.05. The highest BCUT2D eigenvalue weighted by Gasteiger charge is 2.09. The first-order valence-corrected chi connectivity index (χ1v) is 6.36. The molecule has 0 aliphatic heterocycles. The summed E-state index contributed by atoms with van der Waals surface area (Å²) in [6, 6.07) is 12.2. The van der Waals surface area contributed by atoms with Crippen molar-refractivity contribution in [2.45, 2.75) is 6.61 Å². The van der Waals surface area contributed by atoms with Gasteiger partial charge in [0.1, 0.15) is 16.9 Å². The summed E-state index contributed by atoms with van der Waals surface area (Å²) in [7, 11) is 0. The molecule has 0 spiro atoms. The van der Waals surface area contributed by atoms with E-state index in [2.05, 4.69) is 20.9 Å². The summed E-state index contributed by atoms with van der Waals surface area (Å²) < 4.78 is 5.74. The molecule has 1 aromatic carbocycles. The van der Waals surface area contributed by atoms with Crippen molar-refractivity contribution < 1.29 is 9.53 Å². The standard InChI is InChI=1S/C13H9BrClNO2/c14-12-6-2-5-11(16-12)13(17)18-8-9-3-1-4-10(15)7-9/h1-7H,8H2. The molecule has 0 saturated carbocycles. The van der Waals surface area contributed by atoms with Gasteiger partial charge in [0, 0.05) is 5.02 Å². The summed E-state index contributed by atoms with van der Waals surface area (Å²) in [5, 5.41) is 0.615. The van der Waals surface area contributed by atoms with Crippen molar-refractivity contribution >= 4 is 33.5 Å². The molecule has 0 unspecified atom stereocenters. The van der Waals surface area contributed by atoms with E-state index < -0.39 is 5.97 Å². The average molecular weight is 327 g/mol. The maximum atomic E-state index is 11.7. The highest BCUT2D eigenvalue weighted by molar-refractivity contribution is 9.10. The molecule has 0 amide bonds. The van der Waals surface area contributed by atoms with Gasteiger partial charge in [-0.1, -0.05) is 29.8 Å². The number of carbonyl (C=O) groups is 1. The fourth-order valence-corrected chi connectivity index (χ4v) is 1.93. The minimum absolute atomic E-state index is 0.174. The molecule has 1 aromatic heterocycles. The van der Waals surface area contributed by atoms with Gasteiger partial charge < -0.3 is 4.74 Å². The van der Waals surface area contributed by atoms with E-state index in [-0.39, 0.29) is 12.3 Å². The minimum Gasteiger partial charge on any atom is -0.456 e. The van der Waals surface area contributed by atoms with Crippen LogP contribution in [0.5, 0.6) is 0 Å². The molecular weight excluding hydrogens is 318 g/mol. The maximum Gasteiger partial charge on any atom is 0.357 e. The zero-order valence-corrected chi connectivity index (χ0v) is 11.6. The van der Waals surface area contributed by atoms with Gasteiger partial charge in [-0.15, -0.1) is 0 Å². The number of esters is 1. The third-order valence-electron chi connectivity index (χ3n) is 2.18. The van der Waals surface area contributed by atoms with Crippen molar-refractivity contribution in [2.75, 3.05) is 0 Å². The van der Waals surface area contributed by atoms with E-state index in [0.29, 0.717) is 9.63 Å². The number of hydrogen-bond donors (Lipinski definition) is 0. The van der Waals surface area contributed by atoms with E-state index in [0.717, 1.165) is 5.56 Å². The van der Waals surface area contributed by atoms with Crippen LogP contribution in [0.4, 0.5) is 0 Å². The van der Waals surface area contributed by atoms with E-state index >= 15 is 0 Å². The predicted octanol–water partition coefficient (Wildman–Crippen LogP) is 3.85. The number of rotatable bonds is 3. The molecule has 18 heavy (non-hydrogen) atoms. The lowest BCUT2D eigenvalue weighted by molar-refractivity contribution is 0.0465. The van der Waals surface area contributed by atoms with Crippen LogP contribution < -0.4 is 0 Å². The molecule has 3 nitrogen and oxygen atoms in total. The van der Waals surface area contributed by atoms with E-state index in [1.165, 1.54) is 0 Å². The summed E-state index contributed by atoms with van der Waals surface area (Å²) in [4.78, 5) is 15.7. The second kappa shape index (κ2) is 5.98. The Morgan fingerprint density at radius 3 is 2.78 bits per heavy atom. The van der Waals surface area contributed by atoms with E-state index in [1.807, 2.05) is 12.1 Å². The van der Waals surface area contributed by atoms with Gasteiger partial charge in [0.15, 0.2) is 0 Å². The molecule has 92 valence electrons. The van der Waals surface area contributed by atoms with Crippen molar-refractivity contribution in [2.24, 2.45) is 0 Å². The molecule has 0 saturated heterocycles. The van der Waals surface area contributed by atoms with Crippen LogP contribution in [0.3, 0.4) is 0 Å². The first-order chi connectivity index (χ1) is 8.65. The number of benzene rings is 1. The van der Waals surface area contributed by atoms with Crippen molar-refractivity contribution in [3.8, 4) is 0 Å². The smallest absolute Gasteiger partial charge is 0.357 e. The number of aromatic nitrogens is 1. The minimum atomic E-state index is -0.462. The molecule has 5 heteroatoms. The largest absolute Gasteiger partial charge is 0.456 e. The first kappa shape index (κ1) is 13.1. The summed E-state index contributed by atoms with van der Waals surface area (Å²) in [5.41, 5.74) is 1.11.